The molecule has 8 rings (SSSR count). The monoisotopic (exact) mass is 536 g/mol. The van der Waals surface area contributed by atoms with Crippen LogP contribution in [0.3, 0.4) is 0 Å². The van der Waals surface area contributed by atoms with Gasteiger partial charge in [-0.2, -0.15) is 10.5 Å². The van der Waals surface area contributed by atoms with E-state index in [1.807, 2.05) is 109 Å². The van der Waals surface area contributed by atoms with Crippen LogP contribution in [0.1, 0.15) is 11.1 Å². The lowest BCUT2D eigenvalue weighted by Crippen LogP contribution is -1.94. The lowest BCUT2D eigenvalue weighted by atomic mass is 9.86. The Kier molecular flexibility index (Phi) is 5.22. The summed E-state index contributed by atoms with van der Waals surface area (Å²) < 4.78 is 12.4. The normalized spacial score (nSPS) is 11.3. The number of rotatable bonds is 3. The molecule has 0 aliphatic rings. The Balaban J connectivity index is 1.47. The van der Waals surface area contributed by atoms with Crippen molar-refractivity contribution < 1.29 is 8.83 Å². The molecule has 42 heavy (non-hydrogen) atoms. The minimum absolute atomic E-state index is 0.543. The smallest absolute Gasteiger partial charge is 0.136 e. The van der Waals surface area contributed by atoms with Crippen LogP contribution in [0.15, 0.2) is 130 Å². The molecule has 0 spiro atoms. The van der Waals surface area contributed by atoms with Gasteiger partial charge in [0.25, 0.3) is 0 Å². The second-order valence-electron chi connectivity index (χ2n) is 10.3. The molecule has 0 N–H and O–H groups in total. The third-order valence-corrected chi connectivity index (χ3v) is 7.99. The molecule has 2 heterocycles. The predicted molar refractivity (Wildman–Crippen MR) is 167 cm³/mol. The van der Waals surface area contributed by atoms with Crippen molar-refractivity contribution in [1.29, 1.82) is 10.5 Å². The van der Waals surface area contributed by atoms with Gasteiger partial charge in [0.2, 0.25) is 0 Å². The van der Waals surface area contributed by atoms with E-state index in [-0.39, 0.29) is 0 Å². The molecule has 194 valence electrons. The van der Waals surface area contributed by atoms with Gasteiger partial charge in [0.1, 0.15) is 28.4 Å². The fourth-order valence-corrected chi connectivity index (χ4v) is 6.08. The van der Waals surface area contributed by atoms with Crippen molar-refractivity contribution in [3.8, 4) is 45.5 Å². The average molecular weight is 537 g/mol. The molecule has 0 bridgehead atoms. The van der Waals surface area contributed by atoms with E-state index < -0.39 is 0 Å². The zero-order valence-corrected chi connectivity index (χ0v) is 22.3. The first-order valence-corrected chi connectivity index (χ1v) is 13.6. The summed E-state index contributed by atoms with van der Waals surface area (Å²) in [6, 6.07) is 44.4. The molecule has 0 radical (unpaired) electrons. The fourth-order valence-electron chi connectivity index (χ4n) is 6.08. The second kappa shape index (κ2) is 9.24. The van der Waals surface area contributed by atoms with Gasteiger partial charge in [-0.3, -0.25) is 0 Å². The van der Waals surface area contributed by atoms with Crippen LogP contribution in [0.2, 0.25) is 0 Å². The van der Waals surface area contributed by atoms with Crippen molar-refractivity contribution in [3.63, 3.8) is 0 Å². The fraction of sp³-hybridized carbons (Fsp3) is 0. The van der Waals surface area contributed by atoms with Crippen LogP contribution in [0.4, 0.5) is 0 Å². The van der Waals surface area contributed by atoms with Gasteiger partial charge in [-0.1, -0.05) is 72.8 Å². The summed E-state index contributed by atoms with van der Waals surface area (Å²) in [5.74, 6) is 0. The van der Waals surface area contributed by atoms with E-state index in [0.717, 1.165) is 77.3 Å². The van der Waals surface area contributed by atoms with Gasteiger partial charge in [-0.25, -0.2) is 0 Å². The van der Waals surface area contributed by atoms with Gasteiger partial charge < -0.3 is 8.83 Å². The van der Waals surface area contributed by atoms with Crippen LogP contribution in [-0.4, -0.2) is 0 Å². The molecule has 8 aromatic rings. The summed E-state index contributed by atoms with van der Waals surface area (Å²) in [5, 5.41) is 24.7. The third kappa shape index (κ3) is 3.53. The van der Waals surface area contributed by atoms with Crippen LogP contribution >= 0.6 is 0 Å². The summed E-state index contributed by atoms with van der Waals surface area (Å²) >= 11 is 0. The molecule has 0 atom stereocenters. The molecular weight excluding hydrogens is 516 g/mol. The topological polar surface area (TPSA) is 73.9 Å². The second-order valence-corrected chi connectivity index (χ2v) is 10.3. The molecular formula is C38H20N2O2. The lowest BCUT2D eigenvalue weighted by molar-refractivity contribution is 0.668. The minimum Gasteiger partial charge on any atom is -0.456 e. The highest BCUT2D eigenvalue weighted by atomic mass is 16.3. The van der Waals surface area contributed by atoms with Crippen molar-refractivity contribution in [2.75, 3.05) is 0 Å². The van der Waals surface area contributed by atoms with Crippen LogP contribution in [0.5, 0.6) is 0 Å². The maximum absolute atomic E-state index is 10.7. The van der Waals surface area contributed by atoms with Crippen molar-refractivity contribution in [2.45, 2.75) is 0 Å². The Morgan fingerprint density at radius 1 is 0.429 bits per heavy atom. The van der Waals surface area contributed by atoms with E-state index in [1.54, 1.807) is 0 Å². The molecule has 6 aromatic carbocycles. The van der Waals surface area contributed by atoms with E-state index in [1.165, 1.54) is 0 Å². The van der Waals surface area contributed by atoms with E-state index in [4.69, 9.17) is 8.83 Å². The molecule has 0 aliphatic heterocycles. The Morgan fingerprint density at radius 3 is 1.90 bits per heavy atom. The Morgan fingerprint density at radius 2 is 1.07 bits per heavy atom. The SMILES string of the molecule is N#Cc1ccccc1-c1cc(-c2ccc3c(c2)oc2ccccc23)c(C#N)c(-c2cccc3oc4ccccc4c23)c1. The number of nitriles is 2. The first-order valence-electron chi connectivity index (χ1n) is 13.6. The predicted octanol–water partition coefficient (Wildman–Crippen LogP) is 10.2. The number of nitrogens with zero attached hydrogens (tertiary/aromatic N) is 2. The highest BCUT2D eigenvalue weighted by Crippen LogP contribution is 2.43. The molecule has 2 aromatic heterocycles. The van der Waals surface area contributed by atoms with Gasteiger partial charge in [-0.15, -0.1) is 0 Å². The maximum Gasteiger partial charge on any atom is 0.136 e. The zero-order valence-electron chi connectivity index (χ0n) is 22.3. The number of benzene rings is 6. The summed E-state index contributed by atoms with van der Waals surface area (Å²) in [7, 11) is 0. The molecule has 0 saturated heterocycles. The quantitative estimate of drug-likeness (QED) is 0.225. The molecule has 4 heteroatoms. The van der Waals surface area contributed by atoms with E-state index in [0.29, 0.717) is 11.1 Å². The minimum atomic E-state index is 0.543. The van der Waals surface area contributed by atoms with Crippen molar-refractivity contribution in [2.24, 2.45) is 0 Å². The maximum atomic E-state index is 10.7. The van der Waals surface area contributed by atoms with Gasteiger partial charge in [0.05, 0.1) is 17.2 Å². The Bertz CT molecular complexity index is 2450. The third-order valence-electron chi connectivity index (χ3n) is 7.99. The molecule has 0 unspecified atom stereocenters. The van der Waals surface area contributed by atoms with Gasteiger partial charge in [0, 0.05) is 32.7 Å². The van der Waals surface area contributed by atoms with Crippen LogP contribution < -0.4 is 0 Å². The van der Waals surface area contributed by atoms with Crippen molar-refractivity contribution in [3.05, 3.63) is 132 Å². The van der Waals surface area contributed by atoms with E-state index in [9.17, 15) is 10.5 Å². The first-order chi connectivity index (χ1) is 20.7. The number of fused-ring (bicyclic) bond motifs is 6. The van der Waals surface area contributed by atoms with Crippen molar-refractivity contribution >= 4 is 43.9 Å². The van der Waals surface area contributed by atoms with E-state index in [2.05, 4.69) is 24.3 Å². The van der Waals surface area contributed by atoms with Gasteiger partial charge >= 0.3 is 0 Å². The number of hydrogen-bond donors (Lipinski definition) is 0. The molecule has 4 nitrogen and oxygen atoms in total. The molecule has 0 amide bonds. The zero-order chi connectivity index (χ0) is 28.2. The molecule has 0 fully saturated rings. The summed E-state index contributed by atoms with van der Waals surface area (Å²) in [6.07, 6.45) is 0. The van der Waals surface area contributed by atoms with Gasteiger partial charge in [-0.05, 0) is 70.8 Å². The Labute approximate surface area is 240 Å². The summed E-state index contributed by atoms with van der Waals surface area (Å²) in [4.78, 5) is 0. The van der Waals surface area contributed by atoms with Gasteiger partial charge in [0.15, 0.2) is 0 Å². The first kappa shape index (κ1) is 23.8. The number of furan rings is 2. The van der Waals surface area contributed by atoms with Crippen LogP contribution in [0.25, 0.3) is 77.3 Å². The summed E-state index contributed by atoms with van der Waals surface area (Å²) in [5.41, 5.74) is 9.20. The van der Waals surface area contributed by atoms with Crippen molar-refractivity contribution in [1.82, 2.24) is 0 Å². The highest BCUT2D eigenvalue weighted by molar-refractivity contribution is 6.13. The highest BCUT2D eigenvalue weighted by Gasteiger charge is 2.21. The van der Waals surface area contributed by atoms with E-state index >= 15 is 0 Å². The Hall–Kier alpha value is -6.10. The number of hydrogen-bond acceptors (Lipinski definition) is 4. The number of para-hydroxylation sites is 2. The molecule has 0 aliphatic carbocycles. The van der Waals surface area contributed by atoms with Crippen LogP contribution in [0, 0.1) is 22.7 Å². The lowest BCUT2D eigenvalue weighted by Gasteiger charge is -2.15. The standard InChI is InChI=1S/C38H20N2O2/c39-21-24-8-1-2-9-26(24)25-18-31(23-16-17-28-27-10-3-5-13-34(27)42-37(28)20-23)33(22-40)32(19-25)29-12-7-15-36-38(29)30-11-4-6-14-35(30)41-36/h1-20H. The molecule has 0 saturated carbocycles. The average Bonchev–Trinajstić information content (AvgIpc) is 3.62. The van der Waals surface area contributed by atoms with Crippen LogP contribution in [-0.2, 0) is 0 Å². The largest absolute Gasteiger partial charge is 0.456 e. The summed E-state index contributed by atoms with van der Waals surface area (Å²) in [6.45, 7) is 0.